The topological polar surface area (TPSA) is 55.6 Å². The molecule has 0 atom stereocenters. The fourth-order valence-electron chi connectivity index (χ4n) is 0.960. The highest BCUT2D eigenvalue weighted by molar-refractivity contribution is 5.71. The van der Waals surface area contributed by atoms with E-state index in [4.69, 9.17) is 5.73 Å². The third kappa shape index (κ3) is 5.94. The Hall–Kier alpha value is -0.610. The van der Waals surface area contributed by atoms with Crippen LogP contribution in [-0.2, 0) is 9.53 Å². The lowest BCUT2D eigenvalue weighted by molar-refractivity contribution is -0.141. The summed E-state index contributed by atoms with van der Waals surface area (Å²) in [5, 5.41) is 0. The Balaban J connectivity index is 3.74. The van der Waals surface area contributed by atoms with E-state index in [0.29, 0.717) is 13.1 Å². The average Bonchev–Trinajstić information content (AvgIpc) is 2.15. The number of esters is 1. The van der Waals surface area contributed by atoms with E-state index in [9.17, 15) is 4.79 Å². The van der Waals surface area contributed by atoms with Gasteiger partial charge in [-0.3, -0.25) is 9.69 Å². The second-order valence-corrected chi connectivity index (χ2v) is 4.43. The molecule has 0 bridgehead atoms. The van der Waals surface area contributed by atoms with Crippen molar-refractivity contribution < 1.29 is 9.53 Å². The standard InChI is InChI=1S/C10H22N2O2/c1-10(2,8-11)5-6-12(3)7-9(13)14-4/h5-8,11H2,1-4H3. The van der Waals surface area contributed by atoms with Gasteiger partial charge in [-0.1, -0.05) is 13.8 Å². The first-order chi connectivity index (χ1) is 6.41. The third-order valence-corrected chi connectivity index (χ3v) is 2.35. The molecule has 0 aliphatic heterocycles. The summed E-state index contributed by atoms with van der Waals surface area (Å²) in [5.74, 6) is -0.196. The number of nitrogens with two attached hydrogens (primary N) is 1. The Bertz CT molecular complexity index is 181. The van der Waals surface area contributed by atoms with E-state index in [2.05, 4.69) is 18.6 Å². The molecule has 4 nitrogen and oxygen atoms in total. The van der Waals surface area contributed by atoms with Gasteiger partial charge in [-0.2, -0.15) is 0 Å². The molecule has 0 heterocycles. The maximum absolute atomic E-state index is 10.9. The molecule has 0 aliphatic carbocycles. The van der Waals surface area contributed by atoms with E-state index in [-0.39, 0.29) is 11.4 Å². The molecule has 0 unspecified atom stereocenters. The molecule has 0 aromatic carbocycles. The van der Waals surface area contributed by atoms with Crippen molar-refractivity contribution >= 4 is 5.97 Å². The molecule has 4 heteroatoms. The van der Waals surface area contributed by atoms with Crippen LogP contribution in [0.3, 0.4) is 0 Å². The number of hydrogen-bond donors (Lipinski definition) is 1. The average molecular weight is 202 g/mol. The highest BCUT2D eigenvalue weighted by Gasteiger charge is 2.16. The predicted octanol–water partition coefficient (Wildman–Crippen LogP) is 0.466. The molecule has 0 saturated carbocycles. The fraction of sp³-hybridized carbons (Fsp3) is 0.900. The number of ether oxygens (including phenoxy) is 1. The Morgan fingerprint density at radius 3 is 2.50 bits per heavy atom. The van der Waals surface area contributed by atoms with E-state index in [0.717, 1.165) is 13.0 Å². The molecule has 0 radical (unpaired) electrons. The van der Waals surface area contributed by atoms with Crippen molar-refractivity contribution in [2.75, 3.05) is 33.8 Å². The van der Waals surface area contributed by atoms with Gasteiger partial charge in [0.15, 0.2) is 0 Å². The Morgan fingerprint density at radius 1 is 1.50 bits per heavy atom. The lowest BCUT2D eigenvalue weighted by atomic mass is 9.89. The van der Waals surface area contributed by atoms with Gasteiger partial charge in [0.05, 0.1) is 13.7 Å². The van der Waals surface area contributed by atoms with Crippen LogP contribution < -0.4 is 5.73 Å². The van der Waals surface area contributed by atoms with Crippen molar-refractivity contribution in [1.29, 1.82) is 0 Å². The molecule has 0 fully saturated rings. The molecule has 0 aromatic heterocycles. The van der Waals surface area contributed by atoms with E-state index < -0.39 is 0 Å². The summed E-state index contributed by atoms with van der Waals surface area (Å²) >= 11 is 0. The van der Waals surface area contributed by atoms with Crippen molar-refractivity contribution in [1.82, 2.24) is 4.90 Å². The van der Waals surface area contributed by atoms with Gasteiger partial charge < -0.3 is 10.5 Å². The van der Waals surface area contributed by atoms with E-state index in [1.165, 1.54) is 7.11 Å². The number of rotatable bonds is 6. The largest absolute Gasteiger partial charge is 0.468 e. The molecule has 14 heavy (non-hydrogen) atoms. The SMILES string of the molecule is COC(=O)CN(C)CCC(C)(C)CN. The number of carbonyl (C=O) groups is 1. The lowest BCUT2D eigenvalue weighted by Crippen LogP contribution is -2.32. The zero-order valence-electron chi connectivity index (χ0n) is 9.67. The van der Waals surface area contributed by atoms with Crippen LogP contribution in [0.1, 0.15) is 20.3 Å². The summed E-state index contributed by atoms with van der Waals surface area (Å²) in [4.78, 5) is 12.9. The number of carbonyl (C=O) groups excluding carboxylic acids is 1. The monoisotopic (exact) mass is 202 g/mol. The van der Waals surface area contributed by atoms with Crippen LogP contribution in [0.15, 0.2) is 0 Å². The fourth-order valence-corrected chi connectivity index (χ4v) is 0.960. The summed E-state index contributed by atoms with van der Waals surface area (Å²) in [6, 6.07) is 0. The molecule has 2 N–H and O–H groups in total. The van der Waals surface area contributed by atoms with Gasteiger partial charge in [-0.05, 0) is 32.0 Å². The summed E-state index contributed by atoms with van der Waals surface area (Å²) in [6.07, 6.45) is 0.983. The minimum absolute atomic E-state index is 0.143. The number of hydrogen-bond acceptors (Lipinski definition) is 4. The van der Waals surface area contributed by atoms with Gasteiger partial charge in [-0.25, -0.2) is 0 Å². The van der Waals surface area contributed by atoms with E-state index >= 15 is 0 Å². The molecule has 0 spiro atoms. The summed E-state index contributed by atoms with van der Waals surface area (Å²) in [6.45, 7) is 6.12. The van der Waals surface area contributed by atoms with Gasteiger partial charge in [0.1, 0.15) is 0 Å². The smallest absolute Gasteiger partial charge is 0.319 e. The lowest BCUT2D eigenvalue weighted by Gasteiger charge is -2.25. The van der Waals surface area contributed by atoms with Crippen LogP contribution in [0, 0.1) is 5.41 Å². The maximum atomic E-state index is 10.9. The molecular weight excluding hydrogens is 180 g/mol. The van der Waals surface area contributed by atoms with E-state index in [1.807, 2.05) is 11.9 Å². The van der Waals surface area contributed by atoms with Crippen molar-refractivity contribution in [2.45, 2.75) is 20.3 Å². The van der Waals surface area contributed by atoms with Crippen molar-refractivity contribution in [3.05, 3.63) is 0 Å². The Kier molecular flexibility index (Phi) is 5.72. The van der Waals surface area contributed by atoms with E-state index in [1.54, 1.807) is 0 Å². The van der Waals surface area contributed by atoms with Crippen LogP contribution in [0.2, 0.25) is 0 Å². The van der Waals surface area contributed by atoms with Crippen LogP contribution >= 0.6 is 0 Å². The number of methoxy groups -OCH3 is 1. The predicted molar refractivity (Wildman–Crippen MR) is 57.0 cm³/mol. The highest BCUT2D eigenvalue weighted by atomic mass is 16.5. The van der Waals surface area contributed by atoms with Gasteiger partial charge in [-0.15, -0.1) is 0 Å². The second kappa shape index (κ2) is 5.98. The normalized spacial score (nSPS) is 11.9. The highest BCUT2D eigenvalue weighted by Crippen LogP contribution is 2.17. The Morgan fingerprint density at radius 2 is 2.07 bits per heavy atom. The molecule has 84 valence electrons. The quantitative estimate of drug-likeness (QED) is 0.636. The van der Waals surface area contributed by atoms with Crippen LogP contribution in [0.5, 0.6) is 0 Å². The molecule has 0 amide bonds. The molecule has 0 aliphatic rings. The number of likely N-dealkylation sites (N-methyl/N-ethyl adjacent to an activating group) is 1. The van der Waals surface area contributed by atoms with Crippen LogP contribution in [0.4, 0.5) is 0 Å². The third-order valence-electron chi connectivity index (χ3n) is 2.35. The van der Waals surface area contributed by atoms with Gasteiger partial charge in [0, 0.05) is 0 Å². The zero-order chi connectivity index (χ0) is 11.2. The zero-order valence-corrected chi connectivity index (χ0v) is 9.67. The summed E-state index contributed by atoms with van der Waals surface area (Å²) in [5.41, 5.74) is 5.75. The molecule has 0 saturated heterocycles. The molecule has 0 rings (SSSR count). The van der Waals surface area contributed by atoms with Crippen molar-refractivity contribution in [2.24, 2.45) is 11.1 Å². The maximum Gasteiger partial charge on any atom is 0.319 e. The van der Waals surface area contributed by atoms with Gasteiger partial charge in [0.25, 0.3) is 0 Å². The Labute approximate surface area is 86.4 Å². The summed E-state index contributed by atoms with van der Waals surface area (Å²) < 4.78 is 4.57. The van der Waals surface area contributed by atoms with Crippen molar-refractivity contribution in [3.63, 3.8) is 0 Å². The first kappa shape index (κ1) is 13.4. The summed E-state index contributed by atoms with van der Waals surface area (Å²) in [7, 11) is 3.31. The number of nitrogens with zero attached hydrogens (tertiary/aromatic N) is 1. The molecular formula is C10H22N2O2. The minimum atomic E-state index is -0.196. The first-order valence-corrected chi connectivity index (χ1v) is 4.87. The molecule has 0 aromatic rings. The van der Waals surface area contributed by atoms with Gasteiger partial charge in [0.2, 0.25) is 0 Å². The first-order valence-electron chi connectivity index (χ1n) is 4.87. The van der Waals surface area contributed by atoms with Crippen molar-refractivity contribution in [3.8, 4) is 0 Å². The van der Waals surface area contributed by atoms with Crippen LogP contribution in [-0.4, -0.2) is 44.7 Å². The van der Waals surface area contributed by atoms with Crippen LogP contribution in [0.25, 0.3) is 0 Å². The second-order valence-electron chi connectivity index (χ2n) is 4.43. The minimum Gasteiger partial charge on any atom is -0.468 e. The van der Waals surface area contributed by atoms with Gasteiger partial charge >= 0.3 is 5.97 Å².